The van der Waals surface area contributed by atoms with E-state index in [2.05, 4.69) is 15.2 Å². The lowest BCUT2D eigenvalue weighted by Gasteiger charge is -2.37. The van der Waals surface area contributed by atoms with E-state index in [9.17, 15) is 4.79 Å². The van der Waals surface area contributed by atoms with Crippen LogP contribution in [0, 0.1) is 0 Å². The van der Waals surface area contributed by atoms with Crippen molar-refractivity contribution in [1.82, 2.24) is 10.3 Å². The van der Waals surface area contributed by atoms with Gasteiger partial charge < -0.3 is 19.7 Å². The molecule has 0 aromatic carbocycles. The molecule has 122 valence electrons. The second-order valence-corrected chi connectivity index (χ2v) is 5.59. The molecule has 2 unspecified atom stereocenters. The smallest absolute Gasteiger partial charge is 0.252 e. The van der Waals surface area contributed by atoms with Gasteiger partial charge in [-0.25, -0.2) is 4.98 Å². The summed E-state index contributed by atoms with van der Waals surface area (Å²) in [5, 5.41) is 2.85. The topological polar surface area (TPSA) is 63.7 Å². The molecule has 1 fully saturated rings. The second-order valence-electron chi connectivity index (χ2n) is 5.59. The Balaban J connectivity index is 2.01. The average Bonchev–Trinajstić information content (AvgIpc) is 2.52. The molecule has 1 saturated heterocycles. The van der Waals surface area contributed by atoms with Gasteiger partial charge in [-0.15, -0.1) is 0 Å². The number of aromatic nitrogens is 1. The van der Waals surface area contributed by atoms with E-state index in [1.54, 1.807) is 13.3 Å². The van der Waals surface area contributed by atoms with Gasteiger partial charge in [-0.1, -0.05) is 6.92 Å². The summed E-state index contributed by atoms with van der Waals surface area (Å²) in [7, 11) is 1.68. The highest BCUT2D eigenvalue weighted by Gasteiger charge is 2.26. The minimum Gasteiger partial charge on any atom is -0.382 e. The van der Waals surface area contributed by atoms with E-state index in [1.807, 2.05) is 26.0 Å². The highest BCUT2D eigenvalue weighted by Crippen LogP contribution is 2.18. The number of carbonyl (C=O) groups excluding carboxylic acids is 1. The second kappa shape index (κ2) is 8.10. The van der Waals surface area contributed by atoms with Crippen molar-refractivity contribution in [3.8, 4) is 0 Å². The molecule has 22 heavy (non-hydrogen) atoms. The predicted molar refractivity (Wildman–Crippen MR) is 85.3 cm³/mol. The summed E-state index contributed by atoms with van der Waals surface area (Å²) in [6.07, 6.45) is 2.72. The fourth-order valence-corrected chi connectivity index (χ4v) is 2.56. The van der Waals surface area contributed by atoms with E-state index in [0.29, 0.717) is 18.7 Å². The number of hydrogen-bond acceptors (Lipinski definition) is 5. The summed E-state index contributed by atoms with van der Waals surface area (Å²) in [6, 6.07) is 3.71. The number of amides is 1. The minimum absolute atomic E-state index is 0.0445. The zero-order valence-electron chi connectivity index (χ0n) is 13.5. The monoisotopic (exact) mass is 307 g/mol. The summed E-state index contributed by atoms with van der Waals surface area (Å²) in [5.41, 5.74) is 0.590. The first kappa shape index (κ1) is 16.7. The Hall–Kier alpha value is -1.66. The molecule has 1 aliphatic heterocycles. The number of anilines is 1. The normalized spacial score (nSPS) is 21.7. The number of ether oxygens (including phenoxy) is 2. The van der Waals surface area contributed by atoms with Crippen molar-refractivity contribution in [3.63, 3.8) is 0 Å². The lowest BCUT2D eigenvalue weighted by atomic mass is 10.2. The van der Waals surface area contributed by atoms with Crippen LogP contribution in [0.2, 0.25) is 0 Å². The largest absolute Gasteiger partial charge is 0.382 e. The fraction of sp³-hybridized carbons (Fsp3) is 0.625. The lowest BCUT2D eigenvalue weighted by Crippen LogP contribution is -2.48. The van der Waals surface area contributed by atoms with Crippen LogP contribution in [-0.2, 0) is 9.47 Å². The number of pyridine rings is 1. The zero-order chi connectivity index (χ0) is 15.9. The highest BCUT2D eigenvalue weighted by molar-refractivity contribution is 5.94. The van der Waals surface area contributed by atoms with Crippen LogP contribution in [0.5, 0.6) is 0 Å². The summed E-state index contributed by atoms with van der Waals surface area (Å²) < 4.78 is 11.0. The van der Waals surface area contributed by atoms with Crippen molar-refractivity contribution < 1.29 is 14.3 Å². The molecule has 1 aliphatic rings. The average molecular weight is 307 g/mol. The van der Waals surface area contributed by atoms with Crippen LogP contribution in [0.15, 0.2) is 18.3 Å². The first-order valence-corrected chi connectivity index (χ1v) is 7.77. The quantitative estimate of drug-likeness (QED) is 0.862. The summed E-state index contributed by atoms with van der Waals surface area (Å²) in [4.78, 5) is 18.5. The van der Waals surface area contributed by atoms with E-state index in [4.69, 9.17) is 9.47 Å². The minimum atomic E-state index is -0.0755. The van der Waals surface area contributed by atoms with Gasteiger partial charge in [-0.2, -0.15) is 0 Å². The number of rotatable bonds is 6. The predicted octanol–water partition coefficient (Wildman–Crippen LogP) is 1.46. The summed E-state index contributed by atoms with van der Waals surface area (Å²) in [5.74, 6) is 0.789. The van der Waals surface area contributed by atoms with Crippen LogP contribution in [0.3, 0.4) is 0 Å². The molecule has 2 rings (SSSR count). The lowest BCUT2D eigenvalue weighted by molar-refractivity contribution is -0.0512. The molecular weight excluding hydrogens is 282 g/mol. The molecule has 1 aromatic rings. The Bertz CT molecular complexity index is 478. The third kappa shape index (κ3) is 4.42. The Kier molecular flexibility index (Phi) is 6.15. The van der Waals surface area contributed by atoms with Gasteiger partial charge >= 0.3 is 0 Å². The van der Waals surface area contributed by atoms with Crippen molar-refractivity contribution in [1.29, 1.82) is 0 Å². The van der Waals surface area contributed by atoms with Gasteiger partial charge in [0.1, 0.15) is 5.82 Å². The number of methoxy groups -OCH3 is 1. The number of nitrogens with zero attached hydrogens (tertiary/aromatic N) is 2. The molecule has 6 nitrogen and oxygen atoms in total. The van der Waals surface area contributed by atoms with Gasteiger partial charge in [0.15, 0.2) is 0 Å². The molecule has 1 aromatic heterocycles. The molecule has 0 aliphatic carbocycles. The van der Waals surface area contributed by atoms with Gasteiger partial charge in [0.05, 0.1) is 24.4 Å². The van der Waals surface area contributed by atoms with Crippen LogP contribution in [0.25, 0.3) is 0 Å². The van der Waals surface area contributed by atoms with Gasteiger partial charge in [0, 0.05) is 32.9 Å². The Labute approximate surface area is 131 Å². The number of morpholine rings is 1. The molecule has 0 spiro atoms. The fourth-order valence-electron chi connectivity index (χ4n) is 2.56. The molecule has 6 heteroatoms. The number of carbonyl (C=O) groups is 1. The van der Waals surface area contributed by atoms with Crippen molar-refractivity contribution >= 4 is 11.7 Å². The zero-order valence-corrected chi connectivity index (χ0v) is 13.5. The molecule has 2 heterocycles. The summed E-state index contributed by atoms with van der Waals surface area (Å²) >= 11 is 0. The van der Waals surface area contributed by atoms with Crippen molar-refractivity contribution in [2.75, 3.05) is 38.3 Å². The molecule has 2 atom stereocenters. The molecule has 0 saturated carbocycles. The van der Waals surface area contributed by atoms with E-state index >= 15 is 0 Å². The maximum Gasteiger partial charge on any atom is 0.252 e. The number of nitrogens with one attached hydrogen (secondary N) is 1. The van der Waals surface area contributed by atoms with Gasteiger partial charge in [-0.3, -0.25) is 4.79 Å². The maximum atomic E-state index is 11.9. The van der Waals surface area contributed by atoms with E-state index in [0.717, 1.165) is 25.3 Å². The van der Waals surface area contributed by atoms with Gasteiger partial charge in [-0.05, 0) is 25.5 Å². The first-order chi connectivity index (χ1) is 10.6. The Morgan fingerprint density at radius 3 is 2.95 bits per heavy atom. The van der Waals surface area contributed by atoms with Gasteiger partial charge in [0.25, 0.3) is 5.91 Å². The Morgan fingerprint density at radius 1 is 1.50 bits per heavy atom. The summed E-state index contributed by atoms with van der Waals surface area (Å²) in [6.45, 7) is 6.85. The molecular formula is C16H25N3O3. The van der Waals surface area contributed by atoms with Crippen LogP contribution in [0.1, 0.15) is 30.6 Å². The highest BCUT2D eigenvalue weighted by atomic mass is 16.5. The van der Waals surface area contributed by atoms with E-state index < -0.39 is 0 Å². The third-order valence-corrected chi connectivity index (χ3v) is 3.55. The third-order valence-electron chi connectivity index (χ3n) is 3.55. The Morgan fingerprint density at radius 2 is 2.32 bits per heavy atom. The molecule has 1 N–H and O–H groups in total. The van der Waals surface area contributed by atoms with Crippen LogP contribution >= 0.6 is 0 Å². The first-order valence-electron chi connectivity index (χ1n) is 7.77. The van der Waals surface area contributed by atoms with Gasteiger partial charge in [0.2, 0.25) is 0 Å². The SMILES string of the molecule is CCCNC(=O)c1ccc(N2CC(C)OC(COC)C2)nc1. The standard InChI is InChI=1S/C16H25N3O3/c1-4-7-17-16(20)13-5-6-15(18-8-13)19-9-12(2)22-14(10-19)11-21-3/h5-6,8,12,14H,4,7,9-11H2,1-3H3,(H,17,20). The van der Waals surface area contributed by atoms with Crippen LogP contribution in [-0.4, -0.2) is 56.5 Å². The molecule has 0 radical (unpaired) electrons. The van der Waals surface area contributed by atoms with E-state index in [1.165, 1.54) is 0 Å². The van der Waals surface area contributed by atoms with Crippen LogP contribution in [0.4, 0.5) is 5.82 Å². The maximum absolute atomic E-state index is 11.9. The van der Waals surface area contributed by atoms with Crippen molar-refractivity contribution in [2.24, 2.45) is 0 Å². The number of hydrogen-bond donors (Lipinski definition) is 1. The molecule has 1 amide bonds. The molecule has 0 bridgehead atoms. The van der Waals surface area contributed by atoms with E-state index in [-0.39, 0.29) is 18.1 Å². The van der Waals surface area contributed by atoms with Crippen molar-refractivity contribution in [2.45, 2.75) is 32.5 Å². The van der Waals surface area contributed by atoms with Crippen molar-refractivity contribution in [3.05, 3.63) is 23.9 Å². The van der Waals surface area contributed by atoms with Crippen LogP contribution < -0.4 is 10.2 Å².